The fraction of sp³-hybridized carbons (Fsp3) is 0.450. The van der Waals surface area contributed by atoms with E-state index >= 15 is 0 Å². The minimum Gasteiger partial charge on any atom is -0.496 e. The molecule has 1 aromatic heterocycles. The highest BCUT2D eigenvalue weighted by Gasteiger charge is 2.28. The van der Waals surface area contributed by atoms with Crippen molar-refractivity contribution in [2.24, 2.45) is 11.7 Å². The van der Waals surface area contributed by atoms with Gasteiger partial charge in [-0.1, -0.05) is 19.1 Å². The van der Waals surface area contributed by atoms with Crippen molar-refractivity contribution in [3.05, 3.63) is 41.2 Å². The molecule has 1 fully saturated rings. The van der Waals surface area contributed by atoms with Crippen LogP contribution in [0.2, 0.25) is 0 Å². The summed E-state index contributed by atoms with van der Waals surface area (Å²) >= 11 is 0. The minimum atomic E-state index is -0.593. The number of methoxy groups -OCH3 is 1. The van der Waals surface area contributed by atoms with Crippen molar-refractivity contribution >= 4 is 17.5 Å². The zero-order valence-corrected chi connectivity index (χ0v) is 16.0. The number of hydrogen-bond acceptors (Lipinski definition) is 4. The molecule has 2 aromatic rings. The normalized spacial score (nSPS) is 19.5. The van der Waals surface area contributed by atoms with Crippen molar-refractivity contribution in [2.45, 2.75) is 45.6 Å². The SMILES string of the molecule is COc1ccccc1C(=O)Nc1c(C)nn(C2CCC(C)CC2)c1C(N)=O. The maximum absolute atomic E-state index is 12.8. The van der Waals surface area contributed by atoms with Crippen LogP contribution in [0.3, 0.4) is 0 Å². The third-order valence-corrected chi connectivity index (χ3v) is 5.24. The van der Waals surface area contributed by atoms with Crippen LogP contribution >= 0.6 is 0 Å². The van der Waals surface area contributed by atoms with Gasteiger partial charge in [-0.05, 0) is 50.7 Å². The van der Waals surface area contributed by atoms with Crippen LogP contribution in [0.15, 0.2) is 24.3 Å². The van der Waals surface area contributed by atoms with Crippen LogP contribution in [0.5, 0.6) is 5.75 Å². The Morgan fingerprint density at radius 2 is 1.89 bits per heavy atom. The number of benzene rings is 1. The van der Waals surface area contributed by atoms with E-state index in [1.807, 2.05) is 0 Å². The van der Waals surface area contributed by atoms with Crippen molar-refractivity contribution in [1.29, 1.82) is 0 Å². The summed E-state index contributed by atoms with van der Waals surface area (Å²) in [6, 6.07) is 7.05. The number of anilines is 1. The molecule has 0 spiro atoms. The number of nitrogens with one attached hydrogen (secondary N) is 1. The molecule has 3 rings (SSSR count). The lowest BCUT2D eigenvalue weighted by atomic mass is 9.87. The summed E-state index contributed by atoms with van der Waals surface area (Å²) in [5, 5.41) is 7.36. The van der Waals surface area contributed by atoms with Gasteiger partial charge in [0, 0.05) is 0 Å². The van der Waals surface area contributed by atoms with Gasteiger partial charge >= 0.3 is 0 Å². The van der Waals surface area contributed by atoms with Gasteiger partial charge in [0.1, 0.15) is 11.4 Å². The molecule has 1 saturated carbocycles. The van der Waals surface area contributed by atoms with E-state index in [1.54, 1.807) is 35.9 Å². The zero-order valence-electron chi connectivity index (χ0n) is 16.0. The van der Waals surface area contributed by atoms with Gasteiger partial charge in [0.05, 0.1) is 30.1 Å². The molecule has 0 saturated heterocycles. The topological polar surface area (TPSA) is 99.2 Å². The van der Waals surface area contributed by atoms with Crippen LogP contribution in [0.4, 0.5) is 5.69 Å². The number of primary amides is 1. The first-order chi connectivity index (χ1) is 12.9. The third kappa shape index (κ3) is 3.82. The van der Waals surface area contributed by atoms with Crippen LogP contribution in [-0.4, -0.2) is 28.7 Å². The van der Waals surface area contributed by atoms with Crippen molar-refractivity contribution in [3.63, 3.8) is 0 Å². The van der Waals surface area contributed by atoms with E-state index in [0.717, 1.165) is 25.7 Å². The number of nitrogens with two attached hydrogens (primary N) is 1. The first-order valence-corrected chi connectivity index (χ1v) is 9.25. The molecule has 0 aliphatic heterocycles. The second-order valence-electron chi connectivity index (χ2n) is 7.19. The van der Waals surface area contributed by atoms with Crippen molar-refractivity contribution in [2.75, 3.05) is 12.4 Å². The summed E-state index contributed by atoms with van der Waals surface area (Å²) in [4.78, 5) is 25.0. The fourth-order valence-electron chi connectivity index (χ4n) is 3.70. The maximum Gasteiger partial charge on any atom is 0.269 e. The lowest BCUT2D eigenvalue weighted by molar-refractivity contribution is 0.0985. The predicted octanol–water partition coefficient (Wildman–Crippen LogP) is 3.30. The highest BCUT2D eigenvalue weighted by atomic mass is 16.5. The molecular formula is C20H26N4O3. The number of rotatable bonds is 5. The average molecular weight is 370 g/mol. The molecule has 1 heterocycles. The van der Waals surface area contributed by atoms with E-state index in [-0.39, 0.29) is 17.6 Å². The Bertz CT molecular complexity index is 851. The summed E-state index contributed by atoms with van der Waals surface area (Å²) in [5.41, 5.74) is 7.25. The Balaban J connectivity index is 1.93. The van der Waals surface area contributed by atoms with Crippen LogP contribution in [0.1, 0.15) is 65.2 Å². The molecule has 2 amide bonds. The lowest BCUT2D eigenvalue weighted by Gasteiger charge is -2.27. The van der Waals surface area contributed by atoms with E-state index in [4.69, 9.17) is 10.5 Å². The fourth-order valence-corrected chi connectivity index (χ4v) is 3.70. The highest BCUT2D eigenvalue weighted by molar-refractivity contribution is 6.09. The number of ether oxygens (including phenoxy) is 1. The number of carbonyl (C=O) groups is 2. The molecule has 0 bridgehead atoms. The van der Waals surface area contributed by atoms with Crippen LogP contribution in [-0.2, 0) is 0 Å². The molecule has 1 aromatic carbocycles. The summed E-state index contributed by atoms with van der Waals surface area (Å²) < 4.78 is 6.96. The molecule has 1 aliphatic carbocycles. The molecule has 7 heteroatoms. The van der Waals surface area contributed by atoms with Crippen LogP contribution in [0.25, 0.3) is 0 Å². The number of nitrogens with zero attached hydrogens (tertiary/aromatic N) is 2. The largest absolute Gasteiger partial charge is 0.496 e. The van der Waals surface area contributed by atoms with Crippen molar-refractivity contribution in [1.82, 2.24) is 9.78 Å². The van der Waals surface area contributed by atoms with Crippen LogP contribution in [0, 0.1) is 12.8 Å². The van der Waals surface area contributed by atoms with E-state index in [2.05, 4.69) is 17.3 Å². The average Bonchev–Trinajstić information content (AvgIpc) is 2.98. The Morgan fingerprint density at radius 3 is 2.52 bits per heavy atom. The number of carbonyl (C=O) groups excluding carboxylic acids is 2. The molecule has 144 valence electrons. The number of amides is 2. The molecule has 0 radical (unpaired) electrons. The summed E-state index contributed by atoms with van der Waals surface area (Å²) in [5.74, 6) is 0.181. The van der Waals surface area contributed by atoms with Gasteiger partial charge in [0.25, 0.3) is 11.8 Å². The number of aryl methyl sites for hydroxylation is 1. The monoisotopic (exact) mass is 370 g/mol. The summed E-state index contributed by atoms with van der Waals surface area (Å²) in [6.45, 7) is 4.00. The number of aromatic nitrogens is 2. The van der Waals surface area contributed by atoms with Crippen molar-refractivity contribution in [3.8, 4) is 5.75 Å². The van der Waals surface area contributed by atoms with Gasteiger partial charge in [-0.2, -0.15) is 5.10 Å². The molecule has 27 heavy (non-hydrogen) atoms. The predicted molar refractivity (Wildman–Crippen MR) is 103 cm³/mol. The molecular weight excluding hydrogens is 344 g/mol. The maximum atomic E-state index is 12.8. The van der Waals surface area contributed by atoms with Gasteiger partial charge in [-0.15, -0.1) is 0 Å². The molecule has 1 aliphatic rings. The quantitative estimate of drug-likeness (QED) is 0.843. The minimum absolute atomic E-state index is 0.124. The van der Waals surface area contributed by atoms with E-state index < -0.39 is 5.91 Å². The molecule has 7 nitrogen and oxygen atoms in total. The first-order valence-electron chi connectivity index (χ1n) is 9.25. The Kier molecular flexibility index (Phi) is 5.48. The summed E-state index contributed by atoms with van der Waals surface area (Å²) in [6.07, 6.45) is 4.07. The standard InChI is InChI=1S/C20H26N4O3/c1-12-8-10-14(11-9-12)24-18(19(21)25)17(13(2)23-24)22-20(26)15-6-4-5-7-16(15)27-3/h4-7,12,14H,8-11H2,1-3H3,(H2,21,25)(H,22,26). The highest BCUT2D eigenvalue weighted by Crippen LogP contribution is 2.35. The van der Waals surface area contributed by atoms with E-state index in [0.29, 0.717) is 28.6 Å². The second-order valence-corrected chi connectivity index (χ2v) is 7.19. The van der Waals surface area contributed by atoms with E-state index in [1.165, 1.54) is 7.11 Å². The number of para-hydroxylation sites is 1. The Labute approximate surface area is 158 Å². The van der Waals surface area contributed by atoms with Gasteiger partial charge in [0.2, 0.25) is 0 Å². The first kappa shape index (κ1) is 18.9. The number of hydrogen-bond donors (Lipinski definition) is 2. The second kappa shape index (κ2) is 7.82. The summed E-state index contributed by atoms with van der Waals surface area (Å²) in [7, 11) is 1.51. The molecule has 3 N–H and O–H groups in total. The Hall–Kier alpha value is -2.83. The lowest BCUT2D eigenvalue weighted by Crippen LogP contribution is -2.25. The Morgan fingerprint density at radius 1 is 1.22 bits per heavy atom. The van der Waals surface area contributed by atoms with Gasteiger partial charge in [-0.3, -0.25) is 14.3 Å². The smallest absolute Gasteiger partial charge is 0.269 e. The van der Waals surface area contributed by atoms with Gasteiger partial charge < -0.3 is 15.8 Å². The molecule has 0 unspecified atom stereocenters. The molecule has 0 atom stereocenters. The zero-order chi connectivity index (χ0) is 19.6. The van der Waals surface area contributed by atoms with Gasteiger partial charge in [0.15, 0.2) is 0 Å². The van der Waals surface area contributed by atoms with Crippen LogP contribution < -0.4 is 15.8 Å². The van der Waals surface area contributed by atoms with Gasteiger partial charge in [-0.25, -0.2) is 0 Å². The van der Waals surface area contributed by atoms with Crippen molar-refractivity contribution < 1.29 is 14.3 Å². The van der Waals surface area contributed by atoms with E-state index in [9.17, 15) is 9.59 Å². The third-order valence-electron chi connectivity index (χ3n) is 5.24.